The third-order valence-corrected chi connectivity index (χ3v) is 20.4. The van der Waals surface area contributed by atoms with E-state index in [2.05, 4.69) is 63.8 Å². The summed E-state index contributed by atoms with van der Waals surface area (Å²) in [5, 5.41) is 141. The Morgan fingerprint density at radius 3 is 1.02 bits per heavy atom. The Bertz CT molecular complexity index is 3720. The second kappa shape index (κ2) is 46.7. The summed E-state index contributed by atoms with van der Waals surface area (Å²) in [6.45, 7) is 8.40. The molecule has 51 nitrogen and oxygen atoms in total. The van der Waals surface area contributed by atoms with Gasteiger partial charge in [-0.15, -0.1) is 0 Å². The van der Waals surface area contributed by atoms with E-state index in [-0.39, 0.29) is 38.9 Å². The summed E-state index contributed by atoms with van der Waals surface area (Å²) in [4.78, 5) is 219. The molecular formula is C71H111N13O38. The number of carboxylic acid groups (broad SMARTS) is 5. The SMILES string of the molecule is CC(=O)NC1C(OC2C3COC(O3)C(NC(C)=O)C2OC(C)C(=O)NC(C)C(=O)NC(CCC(=O)NC(CCCC(NC(=O)C(C)NC(=O)C(CCCC(N)C(=O)O)NC(=O)CCC(NC(=O)C(C)NC(=O)C(C)OC2C(NC(C)=O)C3OCC(O3)C2OC2OC(CO)C(O)C(O)C2NC(C)=O)C(=O)O)C(=O)O)C(=O)O)C(=O)O)OC(CO)C(O)C1O. The molecule has 122 heavy (non-hydrogen) atoms. The van der Waals surface area contributed by atoms with Crippen molar-refractivity contribution in [2.24, 2.45) is 5.73 Å². The van der Waals surface area contributed by atoms with Gasteiger partial charge in [-0.3, -0.25) is 62.3 Å². The number of aliphatic hydroxyl groups is 6. The van der Waals surface area contributed by atoms with Gasteiger partial charge in [-0.1, -0.05) is 0 Å². The number of carbonyl (C=O) groups is 17. The van der Waals surface area contributed by atoms with Crippen LogP contribution in [0.3, 0.4) is 0 Å². The van der Waals surface area contributed by atoms with Crippen molar-refractivity contribution in [2.45, 2.75) is 316 Å². The molecular weight excluding hydrogens is 1640 g/mol. The van der Waals surface area contributed by atoms with Crippen LogP contribution in [0.25, 0.3) is 0 Å². The number of nitrogens with two attached hydrogens (primary N) is 1. The van der Waals surface area contributed by atoms with Crippen LogP contribution >= 0.6 is 0 Å². The highest BCUT2D eigenvalue weighted by molar-refractivity contribution is 5.95. The molecule has 6 aliphatic rings. The predicted octanol–water partition coefficient (Wildman–Crippen LogP) is -11.7. The summed E-state index contributed by atoms with van der Waals surface area (Å²) in [6.07, 6.45) is -30.9. The lowest BCUT2D eigenvalue weighted by molar-refractivity contribution is -0.313. The highest BCUT2D eigenvalue weighted by Crippen LogP contribution is 2.38. The number of ether oxygens (including phenoxy) is 10. The molecule has 0 radical (unpaired) electrons. The standard InChI is InChI=1S/C71H111N13O38/c1-24(73-60(100)27(4)115-55-47(78-31(8)89)68-113-22-41(119-68)53(55)121-70-45(76-29(6)87)51(95)49(93)39(20-85)117-70)57(97)83-37(66(109)110)16-18-43(91)80-34(13-10-12-33(72)63(103)104)62(102)75-26(3)59(99)82-36(65(107)108)15-11-14-35(64(105)106)81-44(92)19-17-38(67(111)112)84-58(98)25(2)74-61(101)28(5)116-56-48(79-32(9)90)69-114-23-42(120-69)54(56)122-71-46(77-30(7)88)52(96)50(94)40(21-86)118-71/h24-28,33-42,45-56,68-71,85-86,93-96H,10-23,72H2,1-9H3,(H,73,100)(H,74,101)(H,75,102)(H,76,87)(H,77,88)(H,78,89)(H,79,90)(H,80,91)(H,81,92)(H,82,99)(H,83,97)(H,84,98)(H,103,104)(H,105,106)(H,107,108)(H,109,110)(H,111,112). The minimum Gasteiger partial charge on any atom is -0.480 e. The second-order valence-corrected chi connectivity index (χ2v) is 30.1. The first-order valence-corrected chi connectivity index (χ1v) is 39.1. The van der Waals surface area contributed by atoms with Gasteiger partial charge in [0.25, 0.3) is 0 Å². The van der Waals surface area contributed by atoms with Gasteiger partial charge in [0, 0.05) is 40.5 Å². The number of fused-ring (bicyclic) bond motifs is 4. The molecule has 31 atom stereocenters. The molecule has 0 spiro atoms. The molecule has 0 saturated carbocycles. The molecule has 12 amide bonds. The van der Waals surface area contributed by atoms with E-state index in [4.69, 9.17) is 53.1 Å². The molecule has 31 unspecified atom stereocenters. The normalized spacial score (nSPS) is 29.8. The molecule has 6 fully saturated rings. The molecule has 0 aromatic carbocycles. The van der Waals surface area contributed by atoms with Gasteiger partial charge in [-0.25, -0.2) is 19.2 Å². The molecule has 6 aliphatic heterocycles. The van der Waals surface area contributed by atoms with E-state index >= 15 is 0 Å². The summed E-state index contributed by atoms with van der Waals surface area (Å²) in [5.41, 5.74) is 5.65. The van der Waals surface area contributed by atoms with Crippen LogP contribution in [0.15, 0.2) is 0 Å². The largest absolute Gasteiger partial charge is 0.480 e. The Labute approximate surface area is 695 Å². The highest BCUT2D eigenvalue weighted by atomic mass is 16.8. The highest BCUT2D eigenvalue weighted by Gasteiger charge is 2.59. The van der Waals surface area contributed by atoms with E-state index in [0.717, 1.165) is 48.5 Å². The number of carboxylic acids is 5. The van der Waals surface area contributed by atoms with Gasteiger partial charge in [-0.2, -0.15) is 0 Å². The van der Waals surface area contributed by atoms with Crippen molar-refractivity contribution < 1.29 is 185 Å². The predicted molar refractivity (Wildman–Crippen MR) is 398 cm³/mol. The fourth-order valence-corrected chi connectivity index (χ4v) is 13.9. The fourth-order valence-electron chi connectivity index (χ4n) is 13.9. The lowest BCUT2D eigenvalue weighted by Crippen LogP contribution is -2.68. The monoisotopic (exact) mass is 1750 g/mol. The zero-order valence-electron chi connectivity index (χ0n) is 67.8. The number of hydrogen-bond donors (Lipinski definition) is 24. The maximum absolute atomic E-state index is 13.8. The molecule has 6 saturated heterocycles. The van der Waals surface area contributed by atoms with E-state index < -0.39 is 342 Å². The van der Waals surface area contributed by atoms with E-state index in [9.17, 15) is 138 Å². The minimum absolute atomic E-state index is 0.162. The molecule has 25 N–H and O–H groups in total. The maximum atomic E-state index is 13.8. The summed E-state index contributed by atoms with van der Waals surface area (Å²) in [5.74, 6) is -19.2. The van der Waals surface area contributed by atoms with Gasteiger partial charge in [0.1, 0.15) is 164 Å². The zero-order valence-corrected chi connectivity index (χ0v) is 67.8. The molecule has 0 aliphatic carbocycles. The van der Waals surface area contributed by atoms with Crippen molar-refractivity contribution in [3.63, 3.8) is 0 Å². The first-order valence-electron chi connectivity index (χ1n) is 39.1. The molecule has 6 heterocycles. The van der Waals surface area contributed by atoms with Gasteiger partial charge in [-0.05, 0) is 86.0 Å². The summed E-state index contributed by atoms with van der Waals surface area (Å²) in [7, 11) is 0. The van der Waals surface area contributed by atoms with Crippen LogP contribution in [0.4, 0.5) is 0 Å². The summed E-state index contributed by atoms with van der Waals surface area (Å²) in [6, 6.07) is -20.4. The van der Waals surface area contributed by atoms with Crippen LogP contribution < -0.4 is 69.5 Å². The van der Waals surface area contributed by atoms with E-state index in [1.807, 2.05) is 0 Å². The van der Waals surface area contributed by atoms with Gasteiger partial charge < -0.3 is 173 Å². The van der Waals surface area contributed by atoms with Gasteiger partial charge in [0.05, 0.1) is 26.4 Å². The van der Waals surface area contributed by atoms with Crippen molar-refractivity contribution in [3.8, 4) is 0 Å². The molecule has 4 bridgehead atoms. The number of aliphatic carboxylic acids is 5. The Morgan fingerprint density at radius 2 is 0.680 bits per heavy atom. The number of hydrogen-bond acceptors (Lipinski definition) is 34. The number of amides is 12. The second-order valence-electron chi connectivity index (χ2n) is 30.1. The average molecular weight is 1750 g/mol. The minimum atomic E-state index is -1.86. The first kappa shape index (κ1) is 101. The van der Waals surface area contributed by atoms with Crippen molar-refractivity contribution in [2.75, 3.05) is 26.4 Å². The van der Waals surface area contributed by atoms with Gasteiger partial charge in [0.2, 0.25) is 70.9 Å². The van der Waals surface area contributed by atoms with E-state index in [1.54, 1.807) is 0 Å². The Balaban J connectivity index is 0.984. The summed E-state index contributed by atoms with van der Waals surface area (Å²) >= 11 is 0. The van der Waals surface area contributed by atoms with Crippen molar-refractivity contribution >= 4 is 101 Å². The van der Waals surface area contributed by atoms with Crippen molar-refractivity contribution in [1.82, 2.24) is 63.8 Å². The van der Waals surface area contributed by atoms with E-state index in [0.29, 0.717) is 0 Å². The molecule has 688 valence electrons. The third kappa shape index (κ3) is 28.7. The van der Waals surface area contributed by atoms with Gasteiger partial charge >= 0.3 is 29.8 Å². The first-order chi connectivity index (χ1) is 57.2. The third-order valence-electron chi connectivity index (χ3n) is 20.4. The Hall–Kier alpha value is -9.69. The van der Waals surface area contributed by atoms with Crippen LogP contribution in [0.1, 0.15) is 127 Å². The molecule has 6 rings (SSSR count). The van der Waals surface area contributed by atoms with Gasteiger partial charge in [0.15, 0.2) is 25.2 Å². The number of nitrogens with one attached hydrogen (secondary N) is 12. The average Bonchev–Trinajstić information content (AvgIpc) is 1.55. The molecule has 51 heteroatoms. The lowest BCUT2D eigenvalue weighted by atomic mass is 9.95. The van der Waals surface area contributed by atoms with Crippen LogP contribution in [0, 0.1) is 0 Å². The van der Waals surface area contributed by atoms with Crippen LogP contribution in [-0.4, -0.2) is 372 Å². The Kier molecular flexibility index (Phi) is 38.7. The smallest absolute Gasteiger partial charge is 0.326 e. The van der Waals surface area contributed by atoms with Crippen molar-refractivity contribution in [3.05, 3.63) is 0 Å². The maximum Gasteiger partial charge on any atom is 0.326 e. The van der Waals surface area contributed by atoms with E-state index in [1.165, 1.54) is 13.8 Å². The Morgan fingerprint density at radius 1 is 0.369 bits per heavy atom. The lowest BCUT2D eigenvalue weighted by Gasteiger charge is -2.47. The molecule has 0 aromatic heterocycles. The van der Waals surface area contributed by atoms with Crippen LogP contribution in [0.2, 0.25) is 0 Å². The quantitative estimate of drug-likeness (QED) is 0.0269. The zero-order chi connectivity index (χ0) is 91.2. The van der Waals surface area contributed by atoms with Crippen molar-refractivity contribution in [1.29, 1.82) is 0 Å². The number of carbonyl (C=O) groups excluding carboxylic acids is 12. The van der Waals surface area contributed by atoms with Crippen LogP contribution in [-0.2, 0) is 129 Å². The number of aliphatic hydroxyl groups excluding tert-OH is 6. The fraction of sp³-hybridized carbons (Fsp3) is 0.761. The molecule has 0 aromatic rings. The number of rotatable bonds is 47. The topological polar surface area (TPSA) is 775 Å². The summed E-state index contributed by atoms with van der Waals surface area (Å²) < 4.78 is 59.6. The van der Waals surface area contributed by atoms with Crippen LogP contribution in [0.5, 0.6) is 0 Å².